The predicted molar refractivity (Wildman–Crippen MR) is 299 cm³/mol. The number of pyridine rings is 4. The number of aromatic nitrogens is 8. The third-order valence-electron chi connectivity index (χ3n) is 13.6. The normalized spacial score (nSPS) is 23.1. The van der Waals surface area contributed by atoms with Crippen molar-refractivity contribution in [3.05, 3.63) is 127 Å². The first-order valence-electron chi connectivity index (χ1n) is 26.2. The molecule has 0 aliphatic carbocycles. The first-order valence-corrected chi connectivity index (χ1v) is 26.2. The molecule has 10 atom stereocenters. The second kappa shape index (κ2) is 28.0. The summed E-state index contributed by atoms with van der Waals surface area (Å²) in [6, 6.07) is 9.48. The van der Waals surface area contributed by atoms with Crippen molar-refractivity contribution >= 4 is 57.3 Å². The zero-order chi connectivity index (χ0) is 58.9. The number of nitrogens with one attached hydrogen (secondary N) is 4. The first kappa shape index (κ1) is 62.0. The van der Waals surface area contributed by atoms with Crippen LogP contribution in [0.2, 0.25) is 0 Å². The molecular formula is C53H68N12O19. The summed E-state index contributed by atoms with van der Waals surface area (Å²) in [6.07, 6.45) is -2.38. The average Bonchev–Trinajstić information content (AvgIpc) is 3.27. The maximum Gasteiger partial charge on any atom is 0.339 e. The number of anilines is 4. The van der Waals surface area contributed by atoms with E-state index >= 15 is 0 Å². The second-order valence-electron chi connectivity index (χ2n) is 18.8. The van der Waals surface area contributed by atoms with Gasteiger partial charge in [-0.25, -0.2) is 29.1 Å². The Morgan fingerprint density at radius 2 is 1.01 bits per heavy atom. The van der Waals surface area contributed by atoms with E-state index in [9.17, 15) is 39.0 Å². The van der Waals surface area contributed by atoms with Crippen LogP contribution < -0.4 is 44.6 Å². The number of nitrogens with zero attached hydrogens (tertiary/aromatic N) is 6. The van der Waals surface area contributed by atoms with Crippen LogP contribution in [0.4, 0.5) is 23.3 Å². The van der Waals surface area contributed by atoms with E-state index < -0.39 is 103 Å². The Hall–Kier alpha value is -8.08. The van der Waals surface area contributed by atoms with Crippen molar-refractivity contribution in [3.8, 4) is 0 Å². The number of rotatable bonds is 25. The Kier molecular flexibility index (Phi) is 20.7. The van der Waals surface area contributed by atoms with Crippen LogP contribution >= 0.6 is 0 Å². The number of aliphatic hydroxyl groups excluding tert-OH is 2. The Bertz CT molecular complexity index is 3510. The lowest BCUT2D eigenvalue weighted by molar-refractivity contribution is -0.172. The van der Waals surface area contributed by atoms with E-state index in [1.165, 1.54) is 54.9 Å². The second-order valence-corrected chi connectivity index (χ2v) is 18.8. The van der Waals surface area contributed by atoms with Crippen molar-refractivity contribution in [2.75, 3.05) is 102 Å². The highest BCUT2D eigenvalue weighted by Crippen LogP contribution is 2.41. The standard InChI is InChI=1S/C27H34N6O10.C25H30N6O9.CH4/c1-3-6-32-21-16(11-18(28)31-24(21)35)33(27(32)37)25-23-22(17(13-34)41-25)42-20(43-23)14-39-8-7-38-9-10-40-26(36)15-4-5-19(29-2)30-12-15;1-3-6-30-19-14(9-16(26)29-22(19)33)31(25(30)35)23-21-20(15(11-32)38-23)39-18(40-21)12-36-7-8-37-24(34)13-4-5-17(27-2)28-10-13;/h3-5,11-12,17,20,22-23,25,34H,1,6-10,13-14H2,2H3,(H,29,30)(H3,28,31,35);3-5,9-10,15,18,20-21,23,32H,1,6-8,11-12H2,2H3,(H,27,28)(H3,26,29,33);1H4/t17-,20?,22-,23-,25-;15-,18?,20-,21-,23-;/m11./s1. The molecule has 0 amide bonds. The van der Waals surface area contributed by atoms with Gasteiger partial charge >= 0.3 is 23.3 Å². The number of fused-ring (bicyclic) bond motifs is 4. The van der Waals surface area contributed by atoms with Gasteiger partial charge in [-0.1, -0.05) is 19.6 Å². The highest BCUT2D eigenvalue weighted by atomic mass is 16.8. The average molecular weight is 1180 g/mol. The summed E-state index contributed by atoms with van der Waals surface area (Å²) in [4.78, 5) is 89.5. The smallest absolute Gasteiger partial charge is 0.339 e. The Balaban J connectivity index is 0.000000217. The summed E-state index contributed by atoms with van der Waals surface area (Å²) in [5, 5.41) is 25.6. The molecule has 0 spiro atoms. The minimum Gasteiger partial charge on any atom is -0.460 e. The third-order valence-corrected chi connectivity index (χ3v) is 13.6. The van der Waals surface area contributed by atoms with Crippen LogP contribution in [0, 0.1) is 0 Å². The zero-order valence-corrected chi connectivity index (χ0v) is 45.1. The summed E-state index contributed by atoms with van der Waals surface area (Å²) < 4.78 is 68.0. The molecule has 31 heteroatoms. The molecule has 0 aromatic carbocycles. The molecule has 4 saturated heterocycles. The van der Waals surface area contributed by atoms with Crippen LogP contribution in [0.25, 0.3) is 22.1 Å². The van der Waals surface area contributed by atoms with Crippen LogP contribution in [-0.4, -0.2) is 190 Å². The summed E-state index contributed by atoms with van der Waals surface area (Å²) in [5.74, 6) is 0.376. The highest BCUT2D eigenvalue weighted by molar-refractivity contribution is 5.89. The van der Waals surface area contributed by atoms with Gasteiger partial charge in [0.15, 0.2) is 25.0 Å². The molecule has 10 rings (SSSR count). The molecule has 454 valence electrons. The van der Waals surface area contributed by atoms with E-state index in [0.29, 0.717) is 22.8 Å². The number of aliphatic hydroxyl groups is 2. The number of esters is 2. The lowest BCUT2D eigenvalue weighted by Crippen LogP contribution is -2.34. The minimum atomic E-state index is -1.02. The van der Waals surface area contributed by atoms with Gasteiger partial charge in [-0.15, -0.1) is 13.2 Å². The molecule has 2 unspecified atom stereocenters. The lowest BCUT2D eigenvalue weighted by atomic mass is 10.1. The number of nitrogens with two attached hydrogens (primary N) is 2. The van der Waals surface area contributed by atoms with Gasteiger partial charge in [0, 0.05) is 51.7 Å². The number of hydrogen-bond acceptors (Lipinski definition) is 25. The van der Waals surface area contributed by atoms with Gasteiger partial charge < -0.3 is 94.4 Å². The Labute approximate surface area is 477 Å². The molecular weight excluding hydrogens is 1110 g/mol. The molecule has 84 heavy (non-hydrogen) atoms. The van der Waals surface area contributed by atoms with Crippen LogP contribution in [0.15, 0.2) is 93.3 Å². The molecule has 4 aliphatic heterocycles. The van der Waals surface area contributed by atoms with E-state index in [2.05, 4.69) is 43.7 Å². The molecule has 10 N–H and O–H groups in total. The first-order chi connectivity index (χ1) is 40.2. The number of nitrogen functional groups attached to an aromatic ring is 2. The third kappa shape index (κ3) is 13.1. The quantitative estimate of drug-likeness (QED) is 0.0209. The number of carbonyl (C=O) groups is 2. The topological polar surface area (TPSA) is 398 Å². The molecule has 6 aromatic rings. The van der Waals surface area contributed by atoms with E-state index in [4.69, 9.17) is 63.6 Å². The van der Waals surface area contributed by atoms with Crippen LogP contribution in [0.1, 0.15) is 40.6 Å². The number of aromatic amines is 2. The Morgan fingerprint density at radius 3 is 1.39 bits per heavy atom. The number of allylic oxidation sites excluding steroid dienone is 2. The summed E-state index contributed by atoms with van der Waals surface area (Å²) >= 11 is 0. The van der Waals surface area contributed by atoms with E-state index in [-0.39, 0.29) is 114 Å². The maximum atomic E-state index is 13.4. The van der Waals surface area contributed by atoms with E-state index in [0.717, 1.165) is 0 Å². The van der Waals surface area contributed by atoms with Gasteiger partial charge in [0.05, 0.1) is 75.0 Å². The molecule has 0 saturated carbocycles. The van der Waals surface area contributed by atoms with Gasteiger partial charge in [-0.05, 0) is 24.3 Å². The molecule has 31 nitrogen and oxygen atoms in total. The van der Waals surface area contributed by atoms with Crippen LogP contribution in [-0.2, 0) is 65.2 Å². The predicted octanol–water partition coefficient (Wildman–Crippen LogP) is -0.208. The number of carbonyl (C=O) groups excluding carboxylic acids is 2. The summed E-state index contributed by atoms with van der Waals surface area (Å²) in [5.41, 5.74) is 11.0. The van der Waals surface area contributed by atoms with Crippen molar-refractivity contribution in [2.24, 2.45) is 0 Å². The molecule has 4 fully saturated rings. The van der Waals surface area contributed by atoms with Crippen molar-refractivity contribution in [3.63, 3.8) is 0 Å². The summed E-state index contributed by atoms with van der Waals surface area (Å²) in [6.45, 7) is 7.50. The maximum absolute atomic E-state index is 13.4. The van der Waals surface area contributed by atoms with Gasteiger partial charge in [0.1, 0.15) is 84.1 Å². The number of hydrogen-bond donors (Lipinski definition) is 8. The number of ether oxygens (including phenoxy) is 11. The number of imidazole rings is 2. The van der Waals surface area contributed by atoms with Gasteiger partial charge in [-0.2, -0.15) is 0 Å². The van der Waals surface area contributed by atoms with Gasteiger partial charge in [-0.3, -0.25) is 27.9 Å². The monoisotopic (exact) mass is 1180 g/mol. The highest BCUT2D eigenvalue weighted by Gasteiger charge is 2.55. The zero-order valence-electron chi connectivity index (χ0n) is 45.1. The van der Waals surface area contributed by atoms with Crippen molar-refractivity contribution < 1.29 is 71.9 Å². The van der Waals surface area contributed by atoms with Crippen molar-refractivity contribution in [1.82, 2.24) is 38.2 Å². The molecule has 0 bridgehead atoms. The summed E-state index contributed by atoms with van der Waals surface area (Å²) in [7, 11) is 3.45. The fourth-order valence-electron chi connectivity index (χ4n) is 9.88. The van der Waals surface area contributed by atoms with Crippen LogP contribution in [0.3, 0.4) is 0 Å². The molecule has 6 aromatic heterocycles. The lowest BCUT2D eigenvalue weighted by Gasteiger charge is -2.20. The van der Waals surface area contributed by atoms with Crippen molar-refractivity contribution in [2.45, 2.75) is 82.2 Å². The van der Waals surface area contributed by atoms with Gasteiger partial charge in [0.25, 0.3) is 11.1 Å². The molecule has 0 radical (unpaired) electrons. The SMILES string of the molecule is C.C=CCn1c(=O)n([C@@H]2O[C@H](CO)[C@H]3OC(COCCOC(=O)c4ccc(NC)nc4)O[C@H]32)c2cc(N)[nH]c(=O)c21.C=CCn1c(=O)n([C@@H]2O[C@H](CO)[C@H]3OC(COCCOCCOC(=O)c4ccc(NC)nc4)O[C@H]32)c2cc(N)[nH]c(=O)c21. The molecule has 10 heterocycles. The fraction of sp³-hybridized carbons (Fsp3) is 0.472. The molecule has 4 aliphatic rings. The Morgan fingerprint density at radius 1 is 0.619 bits per heavy atom. The van der Waals surface area contributed by atoms with Gasteiger partial charge in [0.2, 0.25) is 0 Å². The van der Waals surface area contributed by atoms with E-state index in [1.54, 1.807) is 38.4 Å². The van der Waals surface area contributed by atoms with Crippen molar-refractivity contribution in [1.29, 1.82) is 0 Å². The fourth-order valence-corrected chi connectivity index (χ4v) is 9.88. The van der Waals surface area contributed by atoms with Crippen LogP contribution in [0.5, 0.6) is 0 Å². The largest absolute Gasteiger partial charge is 0.460 e. The van der Waals surface area contributed by atoms with E-state index in [1.807, 2.05) is 0 Å². The minimum absolute atomic E-state index is 0. The number of H-pyrrole nitrogens is 2.